The first kappa shape index (κ1) is 12.9. The van der Waals surface area contributed by atoms with Gasteiger partial charge < -0.3 is 9.47 Å². The number of hydrogen-bond donors (Lipinski definition) is 1. The summed E-state index contributed by atoms with van der Waals surface area (Å²) in [6.07, 6.45) is 4.01. The largest absolute Gasteiger partial charge is 0.340 e. The van der Waals surface area contributed by atoms with Gasteiger partial charge in [-0.25, -0.2) is 0 Å². The molecule has 2 fully saturated rings. The number of carbonyl (C=O) groups is 3. The van der Waals surface area contributed by atoms with Crippen molar-refractivity contribution < 1.29 is 14.4 Å². The minimum atomic E-state index is -1.02. The summed E-state index contributed by atoms with van der Waals surface area (Å²) in [5, 5.41) is 2.27. The molecule has 2 aliphatic rings. The Bertz CT molecular complexity index is 599. The van der Waals surface area contributed by atoms with Crippen molar-refractivity contribution in [3.05, 3.63) is 24.0 Å². The van der Waals surface area contributed by atoms with Gasteiger partial charge in [-0.1, -0.05) is 0 Å². The Hall–Kier alpha value is -2.11. The Balaban J connectivity index is 1.94. The Kier molecular flexibility index (Phi) is 2.70. The van der Waals surface area contributed by atoms with Crippen LogP contribution in [-0.2, 0) is 9.59 Å². The highest BCUT2D eigenvalue weighted by Gasteiger charge is 2.44. The van der Waals surface area contributed by atoms with Crippen molar-refractivity contribution in [1.82, 2.24) is 14.8 Å². The number of nitrogens with zero attached hydrogens (tertiary/aromatic N) is 2. The van der Waals surface area contributed by atoms with Crippen LogP contribution < -0.4 is 5.32 Å². The smallest absolute Gasteiger partial charge is 0.271 e. The van der Waals surface area contributed by atoms with Gasteiger partial charge in [0, 0.05) is 12.2 Å². The summed E-state index contributed by atoms with van der Waals surface area (Å²) in [6, 6.07) is 3.94. The van der Waals surface area contributed by atoms with Gasteiger partial charge >= 0.3 is 0 Å². The number of nitrogens with one attached hydrogen (secondary N) is 1. The maximum absolute atomic E-state index is 12.7. The highest BCUT2D eigenvalue weighted by molar-refractivity contribution is 6.08. The van der Waals surface area contributed by atoms with Gasteiger partial charge in [0.2, 0.25) is 5.91 Å². The number of rotatable bonds is 2. The van der Waals surface area contributed by atoms with Gasteiger partial charge in [0.05, 0.1) is 0 Å². The average molecular weight is 275 g/mol. The van der Waals surface area contributed by atoms with Gasteiger partial charge in [0.25, 0.3) is 11.8 Å². The van der Waals surface area contributed by atoms with Crippen LogP contribution in [0.1, 0.15) is 43.2 Å². The molecule has 20 heavy (non-hydrogen) atoms. The second-order valence-electron chi connectivity index (χ2n) is 5.86. The molecule has 6 nitrogen and oxygen atoms in total. The lowest BCUT2D eigenvalue weighted by atomic mass is 9.98. The predicted molar refractivity (Wildman–Crippen MR) is 71.0 cm³/mol. The lowest BCUT2D eigenvalue weighted by Gasteiger charge is -2.40. The van der Waals surface area contributed by atoms with Crippen molar-refractivity contribution >= 4 is 17.7 Å². The highest BCUT2D eigenvalue weighted by Crippen LogP contribution is 2.36. The second kappa shape index (κ2) is 4.19. The number of imide groups is 1. The first-order valence-electron chi connectivity index (χ1n) is 6.74. The maximum Gasteiger partial charge on any atom is 0.271 e. The maximum atomic E-state index is 12.7. The van der Waals surface area contributed by atoms with Gasteiger partial charge in [-0.3, -0.25) is 19.7 Å². The van der Waals surface area contributed by atoms with Crippen LogP contribution in [0.2, 0.25) is 0 Å². The molecule has 0 aromatic carbocycles. The fourth-order valence-corrected chi connectivity index (χ4v) is 2.49. The Morgan fingerprint density at radius 2 is 2.05 bits per heavy atom. The van der Waals surface area contributed by atoms with E-state index in [-0.39, 0.29) is 12.5 Å². The molecule has 0 bridgehead atoms. The zero-order valence-electron chi connectivity index (χ0n) is 11.5. The summed E-state index contributed by atoms with van der Waals surface area (Å²) < 4.78 is 1.94. The SMILES string of the molecule is CC1(C)C(=O)NC(=O)CN1C(=O)c1cccn1C1CC1. The van der Waals surface area contributed by atoms with E-state index in [0.717, 1.165) is 12.8 Å². The van der Waals surface area contributed by atoms with E-state index < -0.39 is 17.4 Å². The molecule has 1 aromatic heterocycles. The number of amides is 3. The summed E-state index contributed by atoms with van der Waals surface area (Å²) in [5.41, 5.74) is -0.480. The topological polar surface area (TPSA) is 71.4 Å². The Labute approximate surface area is 116 Å². The van der Waals surface area contributed by atoms with Crippen molar-refractivity contribution in [3.63, 3.8) is 0 Å². The van der Waals surface area contributed by atoms with Crippen LogP contribution in [0.5, 0.6) is 0 Å². The third kappa shape index (κ3) is 1.92. The fraction of sp³-hybridized carbons (Fsp3) is 0.500. The van der Waals surface area contributed by atoms with Crippen LogP contribution in [0, 0.1) is 0 Å². The van der Waals surface area contributed by atoms with Crippen molar-refractivity contribution in [2.45, 2.75) is 38.3 Å². The second-order valence-corrected chi connectivity index (χ2v) is 5.86. The standard InChI is InChI=1S/C14H17N3O3/c1-14(2)13(20)15-11(18)8-17(14)12(19)10-4-3-7-16(10)9-5-6-9/h3-4,7,9H,5-6,8H2,1-2H3,(H,15,18,20). The number of carbonyl (C=O) groups excluding carboxylic acids is 3. The number of piperazine rings is 1. The van der Waals surface area contributed by atoms with Gasteiger partial charge in [0.1, 0.15) is 17.8 Å². The predicted octanol–water partition coefficient (Wildman–Crippen LogP) is 0.700. The lowest BCUT2D eigenvalue weighted by molar-refractivity contribution is -0.143. The molecule has 1 N–H and O–H groups in total. The molecule has 1 aliphatic heterocycles. The zero-order valence-corrected chi connectivity index (χ0v) is 11.5. The molecule has 106 valence electrons. The summed E-state index contributed by atoms with van der Waals surface area (Å²) in [7, 11) is 0. The van der Waals surface area contributed by atoms with Crippen LogP contribution in [0.25, 0.3) is 0 Å². The minimum absolute atomic E-state index is 0.0899. The molecule has 0 radical (unpaired) electrons. The van der Waals surface area contributed by atoms with Crippen molar-refractivity contribution in [2.24, 2.45) is 0 Å². The van der Waals surface area contributed by atoms with Crippen LogP contribution in [0.3, 0.4) is 0 Å². The third-order valence-electron chi connectivity index (χ3n) is 3.97. The van der Waals surface area contributed by atoms with Crippen molar-refractivity contribution in [1.29, 1.82) is 0 Å². The average Bonchev–Trinajstić information content (AvgIpc) is 3.11. The van der Waals surface area contributed by atoms with Crippen LogP contribution in [-0.4, -0.2) is 39.3 Å². The van der Waals surface area contributed by atoms with E-state index in [2.05, 4.69) is 5.32 Å². The Morgan fingerprint density at radius 1 is 1.35 bits per heavy atom. The van der Waals surface area contributed by atoms with Crippen LogP contribution in [0.15, 0.2) is 18.3 Å². The normalized spacial score (nSPS) is 21.8. The summed E-state index contributed by atoms with van der Waals surface area (Å²) in [4.78, 5) is 37.5. The molecule has 0 unspecified atom stereocenters. The van der Waals surface area contributed by atoms with E-state index in [1.54, 1.807) is 19.9 Å². The minimum Gasteiger partial charge on any atom is -0.340 e. The lowest BCUT2D eigenvalue weighted by Crippen LogP contribution is -2.65. The number of aromatic nitrogens is 1. The molecule has 0 spiro atoms. The van der Waals surface area contributed by atoms with E-state index in [9.17, 15) is 14.4 Å². The van der Waals surface area contributed by atoms with E-state index in [0.29, 0.717) is 11.7 Å². The molecule has 3 rings (SSSR count). The molecule has 0 atom stereocenters. The zero-order chi connectivity index (χ0) is 14.5. The van der Waals surface area contributed by atoms with E-state index in [1.807, 2.05) is 16.8 Å². The first-order chi connectivity index (χ1) is 9.41. The highest BCUT2D eigenvalue weighted by atomic mass is 16.2. The van der Waals surface area contributed by atoms with Crippen LogP contribution >= 0.6 is 0 Å². The molecular formula is C14H17N3O3. The first-order valence-corrected chi connectivity index (χ1v) is 6.74. The summed E-state index contributed by atoms with van der Waals surface area (Å²) in [5.74, 6) is -1.14. The van der Waals surface area contributed by atoms with E-state index in [1.165, 1.54) is 4.90 Å². The van der Waals surface area contributed by atoms with Crippen LogP contribution in [0.4, 0.5) is 0 Å². The summed E-state index contributed by atoms with van der Waals surface area (Å²) in [6.45, 7) is 3.21. The molecule has 1 saturated carbocycles. The molecule has 3 amide bonds. The molecule has 6 heteroatoms. The summed E-state index contributed by atoms with van der Waals surface area (Å²) >= 11 is 0. The Morgan fingerprint density at radius 3 is 2.70 bits per heavy atom. The number of hydrogen-bond acceptors (Lipinski definition) is 3. The fourth-order valence-electron chi connectivity index (χ4n) is 2.49. The van der Waals surface area contributed by atoms with Gasteiger partial charge in [0.15, 0.2) is 0 Å². The third-order valence-corrected chi connectivity index (χ3v) is 3.97. The molecule has 2 heterocycles. The monoisotopic (exact) mass is 275 g/mol. The van der Waals surface area contributed by atoms with Gasteiger partial charge in [-0.05, 0) is 38.8 Å². The van der Waals surface area contributed by atoms with E-state index in [4.69, 9.17) is 0 Å². The molecular weight excluding hydrogens is 258 g/mol. The quantitative estimate of drug-likeness (QED) is 0.808. The van der Waals surface area contributed by atoms with Gasteiger partial charge in [-0.2, -0.15) is 0 Å². The molecule has 1 saturated heterocycles. The van der Waals surface area contributed by atoms with E-state index >= 15 is 0 Å². The van der Waals surface area contributed by atoms with Crippen molar-refractivity contribution in [2.75, 3.05) is 6.54 Å². The molecule has 1 aromatic rings. The molecule has 1 aliphatic carbocycles. The van der Waals surface area contributed by atoms with Crippen molar-refractivity contribution in [3.8, 4) is 0 Å². The van der Waals surface area contributed by atoms with Gasteiger partial charge in [-0.15, -0.1) is 0 Å².